The molecule has 0 aromatic carbocycles. The Morgan fingerprint density at radius 3 is 2.35 bits per heavy atom. The zero-order chi connectivity index (χ0) is 17.8. The average Bonchev–Trinajstić information content (AvgIpc) is 3.24. The minimum absolute atomic E-state index is 0.244. The van der Waals surface area contributed by atoms with Crippen LogP contribution < -0.4 is 9.80 Å². The summed E-state index contributed by atoms with van der Waals surface area (Å²) in [5.41, 5.74) is 0. The molecule has 2 aliphatic heterocycles. The third kappa shape index (κ3) is 3.96. The van der Waals surface area contributed by atoms with Gasteiger partial charge in [0.2, 0.25) is 5.91 Å². The number of anilines is 2. The lowest BCUT2D eigenvalue weighted by molar-refractivity contribution is -0.132. The molecule has 26 heavy (non-hydrogen) atoms. The molecule has 4 rings (SSSR count). The molecule has 0 aliphatic carbocycles. The quantitative estimate of drug-likeness (QED) is 0.798. The first-order valence-corrected chi connectivity index (χ1v) is 9.98. The highest BCUT2D eigenvalue weighted by atomic mass is 32.1. The number of carbonyl (C=O) groups is 1. The highest BCUT2D eigenvalue weighted by Crippen LogP contribution is 2.19. The predicted octanol–water partition coefficient (Wildman–Crippen LogP) is 1.01. The molecule has 0 bridgehead atoms. The van der Waals surface area contributed by atoms with Gasteiger partial charge in [0, 0.05) is 70.1 Å². The van der Waals surface area contributed by atoms with Gasteiger partial charge in [-0.1, -0.05) is 6.07 Å². The van der Waals surface area contributed by atoms with Crippen LogP contribution in [-0.4, -0.2) is 84.6 Å². The zero-order valence-corrected chi connectivity index (χ0v) is 15.6. The molecule has 0 spiro atoms. The number of hydrogen-bond acceptors (Lipinski definition) is 7. The summed E-state index contributed by atoms with van der Waals surface area (Å²) in [7, 11) is 0. The van der Waals surface area contributed by atoms with E-state index < -0.39 is 0 Å². The molecule has 1 amide bonds. The molecule has 138 valence electrons. The topological polar surface area (TPSA) is 55.8 Å². The van der Waals surface area contributed by atoms with Crippen molar-refractivity contribution in [1.29, 1.82) is 0 Å². The molecule has 2 aromatic rings. The van der Waals surface area contributed by atoms with Crippen molar-refractivity contribution in [2.24, 2.45) is 0 Å². The number of aromatic nitrogens is 2. The minimum Gasteiger partial charge on any atom is -0.353 e. The zero-order valence-electron chi connectivity index (χ0n) is 14.8. The fourth-order valence-electron chi connectivity index (χ4n) is 3.49. The van der Waals surface area contributed by atoms with Gasteiger partial charge in [-0.2, -0.15) is 0 Å². The summed E-state index contributed by atoms with van der Waals surface area (Å²) in [5, 5.41) is 3.09. The second-order valence-corrected chi connectivity index (χ2v) is 7.51. The summed E-state index contributed by atoms with van der Waals surface area (Å²) >= 11 is 1.68. The maximum atomic E-state index is 12.6. The van der Waals surface area contributed by atoms with E-state index in [0.717, 1.165) is 63.3 Å². The van der Waals surface area contributed by atoms with Gasteiger partial charge >= 0.3 is 0 Å². The maximum absolute atomic E-state index is 12.6. The molecular formula is C18H24N6OS. The lowest BCUT2D eigenvalue weighted by Gasteiger charge is -2.38. The van der Waals surface area contributed by atoms with E-state index in [4.69, 9.17) is 0 Å². The molecule has 7 nitrogen and oxygen atoms in total. The van der Waals surface area contributed by atoms with Gasteiger partial charge < -0.3 is 14.7 Å². The predicted molar refractivity (Wildman–Crippen MR) is 104 cm³/mol. The fraction of sp³-hybridized carbons (Fsp3) is 0.500. The van der Waals surface area contributed by atoms with Gasteiger partial charge in [0.1, 0.15) is 5.82 Å². The summed E-state index contributed by atoms with van der Waals surface area (Å²) in [4.78, 5) is 30.2. The Kier molecular flexibility index (Phi) is 5.31. The Morgan fingerprint density at radius 1 is 0.923 bits per heavy atom. The van der Waals surface area contributed by atoms with E-state index >= 15 is 0 Å². The van der Waals surface area contributed by atoms with Gasteiger partial charge in [0.05, 0.1) is 6.54 Å². The Labute approximate surface area is 157 Å². The number of thiazole rings is 1. The maximum Gasteiger partial charge on any atom is 0.236 e. The Hall–Kier alpha value is -2.19. The Bertz CT molecular complexity index is 694. The van der Waals surface area contributed by atoms with Crippen molar-refractivity contribution in [3.8, 4) is 0 Å². The molecule has 0 atom stereocenters. The average molecular weight is 372 g/mol. The van der Waals surface area contributed by atoms with Crippen LogP contribution in [0, 0.1) is 0 Å². The number of piperazine rings is 2. The number of amides is 1. The molecule has 4 heterocycles. The lowest BCUT2D eigenvalue weighted by atomic mass is 10.2. The van der Waals surface area contributed by atoms with E-state index in [0.29, 0.717) is 6.54 Å². The van der Waals surface area contributed by atoms with Crippen molar-refractivity contribution in [3.63, 3.8) is 0 Å². The van der Waals surface area contributed by atoms with Crippen LogP contribution in [0.3, 0.4) is 0 Å². The second kappa shape index (κ2) is 8.01. The molecule has 2 aromatic heterocycles. The van der Waals surface area contributed by atoms with Gasteiger partial charge in [0.15, 0.2) is 5.13 Å². The monoisotopic (exact) mass is 372 g/mol. The summed E-state index contributed by atoms with van der Waals surface area (Å²) in [6.07, 6.45) is 3.67. The van der Waals surface area contributed by atoms with Crippen LogP contribution in [0.4, 0.5) is 10.9 Å². The van der Waals surface area contributed by atoms with E-state index in [1.807, 2.05) is 40.9 Å². The normalized spacial score (nSPS) is 19.0. The molecule has 8 heteroatoms. The first-order valence-electron chi connectivity index (χ1n) is 9.10. The van der Waals surface area contributed by atoms with Crippen molar-refractivity contribution in [2.75, 3.05) is 68.7 Å². The summed E-state index contributed by atoms with van der Waals surface area (Å²) in [5.74, 6) is 1.24. The standard InChI is InChI=1S/C18H24N6OS/c25-17(15-21-6-8-24(9-7-21)18-20-5-14-26-18)23-12-10-22(11-13-23)16-3-1-2-4-19-16/h1-5,14H,6-13,15H2. The van der Waals surface area contributed by atoms with Gasteiger partial charge in [-0.3, -0.25) is 9.69 Å². The molecule has 0 N–H and O–H groups in total. The van der Waals surface area contributed by atoms with Crippen LogP contribution in [0.5, 0.6) is 0 Å². The summed E-state index contributed by atoms with van der Waals surface area (Å²) < 4.78 is 0. The summed E-state index contributed by atoms with van der Waals surface area (Å²) in [6, 6.07) is 5.96. The second-order valence-electron chi connectivity index (χ2n) is 6.63. The van der Waals surface area contributed by atoms with E-state index in [2.05, 4.69) is 24.7 Å². The SMILES string of the molecule is O=C(CN1CCN(c2nccs2)CC1)N1CCN(c2ccccn2)CC1. The number of carbonyl (C=O) groups excluding carboxylic acids is 1. The third-order valence-electron chi connectivity index (χ3n) is 5.03. The van der Waals surface area contributed by atoms with Gasteiger partial charge in [-0.15, -0.1) is 11.3 Å². The largest absolute Gasteiger partial charge is 0.353 e. The van der Waals surface area contributed by atoms with Crippen molar-refractivity contribution >= 4 is 28.2 Å². The van der Waals surface area contributed by atoms with Gasteiger partial charge in [-0.05, 0) is 12.1 Å². The molecule has 2 aliphatic rings. The highest BCUT2D eigenvalue weighted by molar-refractivity contribution is 7.13. The summed E-state index contributed by atoms with van der Waals surface area (Å²) in [6.45, 7) is 7.47. The lowest BCUT2D eigenvalue weighted by Crippen LogP contribution is -2.54. The first-order chi connectivity index (χ1) is 12.8. The molecule has 2 saturated heterocycles. The van der Waals surface area contributed by atoms with E-state index in [-0.39, 0.29) is 5.91 Å². The number of pyridine rings is 1. The number of nitrogens with zero attached hydrogens (tertiary/aromatic N) is 6. The van der Waals surface area contributed by atoms with Crippen molar-refractivity contribution in [3.05, 3.63) is 36.0 Å². The van der Waals surface area contributed by atoms with Crippen LogP contribution in [0.15, 0.2) is 36.0 Å². The van der Waals surface area contributed by atoms with Crippen LogP contribution in [-0.2, 0) is 4.79 Å². The van der Waals surface area contributed by atoms with Crippen LogP contribution in [0.25, 0.3) is 0 Å². The van der Waals surface area contributed by atoms with Gasteiger partial charge in [-0.25, -0.2) is 9.97 Å². The van der Waals surface area contributed by atoms with Crippen LogP contribution >= 0.6 is 11.3 Å². The van der Waals surface area contributed by atoms with Crippen molar-refractivity contribution in [2.45, 2.75) is 0 Å². The molecule has 0 radical (unpaired) electrons. The first kappa shape index (κ1) is 17.2. The van der Waals surface area contributed by atoms with Crippen LogP contribution in [0.1, 0.15) is 0 Å². The van der Waals surface area contributed by atoms with E-state index in [1.165, 1.54) is 0 Å². The van der Waals surface area contributed by atoms with Crippen molar-refractivity contribution in [1.82, 2.24) is 19.8 Å². The minimum atomic E-state index is 0.244. The van der Waals surface area contributed by atoms with E-state index in [1.54, 1.807) is 11.3 Å². The molecule has 2 fully saturated rings. The Morgan fingerprint density at radius 2 is 1.69 bits per heavy atom. The Balaban J connectivity index is 1.22. The van der Waals surface area contributed by atoms with Crippen LogP contribution in [0.2, 0.25) is 0 Å². The molecule has 0 saturated carbocycles. The number of rotatable bonds is 4. The van der Waals surface area contributed by atoms with Crippen molar-refractivity contribution < 1.29 is 4.79 Å². The van der Waals surface area contributed by atoms with E-state index in [9.17, 15) is 4.79 Å². The highest BCUT2D eigenvalue weighted by Gasteiger charge is 2.25. The van der Waals surface area contributed by atoms with Gasteiger partial charge in [0.25, 0.3) is 0 Å². The smallest absolute Gasteiger partial charge is 0.236 e. The molecular weight excluding hydrogens is 348 g/mol. The third-order valence-corrected chi connectivity index (χ3v) is 5.86. The number of hydrogen-bond donors (Lipinski definition) is 0. The molecule has 0 unspecified atom stereocenters. The fourth-order valence-corrected chi connectivity index (χ4v) is 4.18.